The highest BCUT2D eigenvalue weighted by atomic mass is 127. The number of hydrogen-bond donors (Lipinski definition) is 2. The molecule has 0 aromatic heterocycles. The minimum Gasteiger partial charge on any atom is -0.355 e. The average Bonchev–Trinajstić information content (AvgIpc) is 2.21. The van der Waals surface area contributed by atoms with Gasteiger partial charge in [0.2, 0.25) is 0 Å². The van der Waals surface area contributed by atoms with E-state index in [4.69, 9.17) is 0 Å². The first-order chi connectivity index (χ1) is 7.41. The molecular formula is C11H24IN3OS. The summed E-state index contributed by atoms with van der Waals surface area (Å²) in [6.45, 7) is 10.9. The number of halogens is 1. The number of nitrogens with one attached hydrogen (secondary N) is 2. The van der Waals surface area contributed by atoms with Gasteiger partial charge in [-0.15, -0.1) is 30.6 Å². The van der Waals surface area contributed by atoms with Crippen LogP contribution < -0.4 is 10.6 Å². The molecule has 0 heterocycles. The summed E-state index contributed by atoms with van der Waals surface area (Å²) in [6.07, 6.45) is 1.76. The summed E-state index contributed by atoms with van der Waals surface area (Å²) in [5, 5.41) is 6.16. The van der Waals surface area contributed by atoms with Crippen molar-refractivity contribution in [1.82, 2.24) is 10.6 Å². The van der Waals surface area contributed by atoms with E-state index in [0.717, 1.165) is 0 Å². The summed E-state index contributed by atoms with van der Waals surface area (Å²) in [5.41, 5.74) is 0. The standard InChI is InChI=1S/C11H23N3OS.HI/c1-6-7-13-10(12-5)14-8-9-16(15)11(2,3)4;/h6H,1,7-9H2,2-5H3,(H2,12,13,14);1H. The van der Waals surface area contributed by atoms with Gasteiger partial charge >= 0.3 is 0 Å². The summed E-state index contributed by atoms with van der Waals surface area (Å²) in [5.74, 6) is 1.34. The van der Waals surface area contributed by atoms with Crippen LogP contribution in [0.3, 0.4) is 0 Å². The molecule has 0 aliphatic rings. The van der Waals surface area contributed by atoms with Crippen molar-refractivity contribution in [2.75, 3.05) is 25.9 Å². The fourth-order valence-electron chi connectivity index (χ4n) is 0.958. The van der Waals surface area contributed by atoms with Crippen molar-refractivity contribution < 1.29 is 4.21 Å². The average molecular weight is 373 g/mol. The van der Waals surface area contributed by atoms with Crippen LogP contribution in [0.15, 0.2) is 17.6 Å². The van der Waals surface area contributed by atoms with Crippen molar-refractivity contribution >= 4 is 40.7 Å². The molecule has 0 aromatic carbocycles. The second-order valence-electron chi connectivity index (χ2n) is 4.33. The van der Waals surface area contributed by atoms with Gasteiger partial charge in [-0.25, -0.2) is 0 Å². The number of hydrogen-bond acceptors (Lipinski definition) is 2. The first-order valence-electron chi connectivity index (χ1n) is 5.35. The third-order valence-electron chi connectivity index (χ3n) is 1.90. The van der Waals surface area contributed by atoms with E-state index in [2.05, 4.69) is 22.2 Å². The lowest BCUT2D eigenvalue weighted by atomic mass is 10.3. The monoisotopic (exact) mass is 373 g/mol. The number of aliphatic imine (C=N–C) groups is 1. The zero-order chi connectivity index (χ0) is 12.6. The van der Waals surface area contributed by atoms with E-state index in [1.54, 1.807) is 13.1 Å². The maximum Gasteiger partial charge on any atom is 0.191 e. The van der Waals surface area contributed by atoms with Crippen LogP contribution in [0, 0.1) is 0 Å². The molecule has 0 radical (unpaired) electrons. The Bertz CT molecular complexity index is 274. The van der Waals surface area contributed by atoms with Crippen LogP contribution in [-0.4, -0.2) is 40.8 Å². The van der Waals surface area contributed by atoms with Crippen LogP contribution in [0.5, 0.6) is 0 Å². The molecule has 0 bridgehead atoms. The fourth-order valence-corrected chi connectivity index (χ4v) is 1.86. The van der Waals surface area contributed by atoms with E-state index in [0.29, 0.717) is 24.8 Å². The van der Waals surface area contributed by atoms with Crippen LogP contribution >= 0.6 is 24.0 Å². The fraction of sp³-hybridized carbons (Fsp3) is 0.727. The normalized spacial score (nSPS) is 13.5. The second kappa shape index (κ2) is 9.87. The van der Waals surface area contributed by atoms with Gasteiger partial charge in [-0.05, 0) is 20.8 Å². The maximum atomic E-state index is 11.7. The summed E-state index contributed by atoms with van der Waals surface area (Å²) >= 11 is 0. The molecular weight excluding hydrogens is 349 g/mol. The van der Waals surface area contributed by atoms with Gasteiger partial charge in [0.05, 0.1) is 0 Å². The molecule has 0 rings (SSSR count). The van der Waals surface area contributed by atoms with Crippen LogP contribution in [-0.2, 0) is 10.8 Å². The van der Waals surface area contributed by atoms with E-state index in [-0.39, 0.29) is 28.7 Å². The van der Waals surface area contributed by atoms with Crippen molar-refractivity contribution in [3.05, 3.63) is 12.7 Å². The molecule has 102 valence electrons. The molecule has 0 amide bonds. The Morgan fingerprint density at radius 2 is 2.00 bits per heavy atom. The molecule has 2 N–H and O–H groups in total. The number of rotatable bonds is 5. The lowest BCUT2D eigenvalue weighted by Crippen LogP contribution is -2.40. The minimum atomic E-state index is -0.827. The Labute approximate surface area is 124 Å². The summed E-state index contributed by atoms with van der Waals surface area (Å²) in [6, 6.07) is 0. The van der Waals surface area contributed by atoms with Crippen LogP contribution in [0.4, 0.5) is 0 Å². The number of guanidine groups is 1. The van der Waals surface area contributed by atoms with Gasteiger partial charge in [-0.3, -0.25) is 9.20 Å². The largest absolute Gasteiger partial charge is 0.355 e. The van der Waals surface area contributed by atoms with Crippen LogP contribution in [0.2, 0.25) is 0 Å². The van der Waals surface area contributed by atoms with Crippen molar-refractivity contribution in [2.24, 2.45) is 4.99 Å². The molecule has 1 atom stereocenters. The second-order valence-corrected chi connectivity index (χ2v) is 6.65. The Balaban J connectivity index is 0. The van der Waals surface area contributed by atoms with Gasteiger partial charge in [0.25, 0.3) is 0 Å². The predicted molar refractivity (Wildman–Crippen MR) is 87.7 cm³/mol. The zero-order valence-electron chi connectivity index (χ0n) is 11.1. The van der Waals surface area contributed by atoms with E-state index >= 15 is 0 Å². The highest BCUT2D eigenvalue weighted by molar-refractivity contribution is 14.0. The third kappa shape index (κ3) is 9.58. The van der Waals surface area contributed by atoms with Gasteiger partial charge in [0.15, 0.2) is 5.96 Å². The van der Waals surface area contributed by atoms with Crippen LogP contribution in [0.25, 0.3) is 0 Å². The molecule has 17 heavy (non-hydrogen) atoms. The SMILES string of the molecule is C=CCNC(=NC)NCCS(=O)C(C)(C)C.I. The van der Waals surface area contributed by atoms with Crippen molar-refractivity contribution in [1.29, 1.82) is 0 Å². The van der Waals surface area contributed by atoms with E-state index in [9.17, 15) is 4.21 Å². The third-order valence-corrected chi connectivity index (χ3v) is 3.84. The van der Waals surface area contributed by atoms with Crippen LogP contribution in [0.1, 0.15) is 20.8 Å². The first kappa shape index (κ1) is 19.2. The van der Waals surface area contributed by atoms with Crippen molar-refractivity contribution in [3.63, 3.8) is 0 Å². The molecule has 0 spiro atoms. The van der Waals surface area contributed by atoms with Gasteiger partial charge in [-0.2, -0.15) is 0 Å². The number of nitrogens with zero attached hydrogens (tertiary/aromatic N) is 1. The predicted octanol–water partition coefficient (Wildman–Crippen LogP) is 1.50. The zero-order valence-corrected chi connectivity index (χ0v) is 14.2. The van der Waals surface area contributed by atoms with E-state index < -0.39 is 10.8 Å². The lowest BCUT2D eigenvalue weighted by Gasteiger charge is -2.18. The molecule has 0 aromatic rings. The minimum absolute atomic E-state index is 0. The topological polar surface area (TPSA) is 53.5 Å². The summed E-state index contributed by atoms with van der Waals surface area (Å²) < 4.78 is 11.6. The van der Waals surface area contributed by atoms with Crippen molar-refractivity contribution in [3.8, 4) is 0 Å². The Morgan fingerprint density at radius 1 is 1.41 bits per heavy atom. The Morgan fingerprint density at radius 3 is 2.41 bits per heavy atom. The Hall–Kier alpha value is -0.110. The molecule has 6 heteroatoms. The molecule has 4 nitrogen and oxygen atoms in total. The summed E-state index contributed by atoms with van der Waals surface area (Å²) in [4.78, 5) is 4.03. The quantitative estimate of drug-likeness (QED) is 0.332. The van der Waals surface area contributed by atoms with Gasteiger partial charge < -0.3 is 10.6 Å². The van der Waals surface area contributed by atoms with Gasteiger partial charge in [0.1, 0.15) is 0 Å². The maximum absolute atomic E-state index is 11.7. The molecule has 0 saturated carbocycles. The van der Waals surface area contributed by atoms with E-state index in [1.165, 1.54) is 0 Å². The van der Waals surface area contributed by atoms with Gasteiger partial charge in [-0.1, -0.05) is 6.08 Å². The Kier molecular flexibility index (Phi) is 11.2. The summed E-state index contributed by atoms with van der Waals surface area (Å²) in [7, 11) is 0.881. The smallest absolute Gasteiger partial charge is 0.191 e. The van der Waals surface area contributed by atoms with Gasteiger partial charge in [0, 0.05) is 41.4 Å². The molecule has 0 aliphatic carbocycles. The first-order valence-corrected chi connectivity index (χ1v) is 6.67. The van der Waals surface area contributed by atoms with E-state index in [1.807, 2.05) is 20.8 Å². The molecule has 0 saturated heterocycles. The lowest BCUT2D eigenvalue weighted by molar-refractivity contribution is 0.647. The van der Waals surface area contributed by atoms with Crippen molar-refractivity contribution in [2.45, 2.75) is 25.5 Å². The highest BCUT2D eigenvalue weighted by Crippen LogP contribution is 2.10. The highest BCUT2D eigenvalue weighted by Gasteiger charge is 2.18. The molecule has 1 unspecified atom stereocenters. The molecule has 0 fully saturated rings. The molecule has 0 aliphatic heterocycles.